The summed E-state index contributed by atoms with van der Waals surface area (Å²) >= 11 is 3.13. The molecule has 0 aliphatic heterocycles. The van der Waals surface area contributed by atoms with Crippen LogP contribution in [0.3, 0.4) is 0 Å². The van der Waals surface area contributed by atoms with E-state index in [4.69, 9.17) is 9.97 Å². The molecule has 7 heteroatoms. The van der Waals surface area contributed by atoms with Gasteiger partial charge < -0.3 is 0 Å². The molecule has 36 heavy (non-hydrogen) atoms. The zero-order valence-electron chi connectivity index (χ0n) is 20.3. The number of aryl methyl sites for hydroxylation is 1. The maximum atomic E-state index is 13.6. The maximum Gasteiger partial charge on any atom is 0.241 e. The minimum Gasteiger partial charge on any atom is -0.280 e. The van der Waals surface area contributed by atoms with Crippen molar-refractivity contribution in [1.82, 2.24) is 15.0 Å². The molecule has 1 aliphatic rings. The molecule has 0 spiro atoms. The van der Waals surface area contributed by atoms with E-state index in [0.717, 1.165) is 44.3 Å². The summed E-state index contributed by atoms with van der Waals surface area (Å²) in [4.78, 5) is 30.7. The van der Waals surface area contributed by atoms with Crippen molar-refractivity contribution >= 4 is 60.8 Å². The van der Waals surface area contributed by atoms with Gasteiger partial charge in [0.1, 0.15) is 16.2 Å². The first-order chi connectivity index (χ1) is 17.6. The third-order valence-electron chi connectivity index (χ3n) is 6.63. The van der Waals surface area contributed by atoms with Crippen LogP contribution in [0.4, 0.5) is 11.4 Å². The van der Waals surface area contributed by atoms with Gasteiger partial charge in [-0.1, -0.05) is 62.0 Å². The topological polar surface area (TPSA) is 59.0 Å². The van der Waals surface area contributed by atoms with Gasteiger partial charge in [0.15, 0.2) is 0 Å². The van der Waals surface area contributed by atoms with E-state index < -0.39 is 0 Å². The Morgan fingerprint density at radius 3 is 2.31 bits per heavy atom. The van der Waals surface area contributed by atoms with Crippen molar-refractivity contribution in [1.29, 1.82) is 0 Å². The minimum absolute atomic E-state index is 0.00591. The minimum atomic E-state index is 0.00591. The summed E-state index contributed by atoms with van der Waals surface area (Å²) in [5, 5.41) is 2.04. The number of hydrogen-bond donors (Lipinski definition) is 0. The molecule has 180 valence electrons. The van der Waals surface area contributed by atoms with Gasteiger partial charge in [-0.2, -0.15) is 0 Å². The highest BCUT2D eigenvalue weighted by atomic mass is 32.2. The molecule has 3 aromatic heterocycles. The lowest BCUT2D eigenvalue weighted by Crippen LogP contribution is -2.27. The highest BCUT2D eigenvalue weighted by molar-refractivity contribution is 8.00. The Bertz CT molecular complexity index is 1530. The van der Waals surface area contributed by atoms with Crippen LogP contribution in [-0.4, -0.2) is 26.6 Å². The number of carbonyl (C=O) groups excluding carboxylic acids is 1. The predicted molar refractivity (Wildman–Crippen MR) is 150 cm³/mol. The number of thiophene rings is 1. The zero-order valence-corrected chi connectivity index (χ0v) is 21.9. The molecule has 2 aromatic carbocycles. The molecule has 0 saturated heterocycles. The van der Waals surface area contributed by atoms with Gasteiger partial charge in [0.05, 0.1) is 16.0 Å². The number of amides is 1. The van der Waals surface area contributed by atoms with Gasteiger partial charge in [-0.05, 0) is 60.6 Å². The van der Waals surface area contributed by atoms with E-state index in [1.54, 1.807) is 22.6 Å². The number of carbonyl (C=O) groups is 1. The number of para-hydroxylation sites is 2. The number of rotatable bonds is 6. The fourth-order valence-electron chi connectivity index (χ4n) is 5.07. The smallest absolute Gasteiger partial charge is 0.241 e. The molecular weight excluding hydrogens is 484 g/mol. The van der Waals surface area contributed by atoms with Crippen molar-refractivity contribution in [3.63, 3.8) is 0 Å². The van der Waals surface area contributed by atoms with E-state index in [2.05, 4.69) is 18.8 Å². The van der Waals surface area contributed by atoms with Crippen molar-refractivity contribution in [2.75, 3.05) is 10.7 Å². The highest BCUT2D eigenvalue weighted by Crippen LogP contribution is 2.43. The van der Waals surface area contributed by atoms with Crippen LogP contribution in [0.2, 0.25) is 0 Å². The maximum absolute atomic E-state index is 13.6. The number of thioether (sulfide) groups is 1. The molecule has 3 heterocycles. The van der Waals surface area contributed by atoms with Crippen molar-refractivity contribution < 1.29 is 4.79 Å². The monoisotopic (exact) mass is 510 g/mol. The highest BCUT2D eigenvalue weighted by Gasteiger charge is 2.26. The molecule has 6 rings (SSSR count). The van der Waals surface area contributed by atoms with Crippen LogP contribution in [0.5, 0.6) is 0 Å². The quantitative estimate of drug-likeness (QED) is 0.177. The van der Waals surface area contributed by atoms with Crippen molar-refractivity contribution in [2.45, 2.75) is 44.1 Å². The molecule has 5 aromatic rings. The number of nitrogens with zero attached hydrogens (tertiary/aromatic N) is 4. The summed E-state index contributed by atoms with van der Waals surface area (Å²) < 4.78 is 1.03. The summed E-state index contributed by atoms with van der Waals surface area (Å²) in [5.41, 5.74) is 6.74. The lowest BCUT2D eigenvalue weighted by atomic mass is 9.99. The van der Waals surface area contributed by atoms with Crippen molar-refractivity contribution in [2.24, 2.45) is 0 Å². The van der Waals surface area contributed by atoms with Crippen LogP contribution in [0.25, 0.3) is 20.4 Å². The molecule has 0 unspecified atom stereocenters. The van der Waals surface area contributed by atoms with E-state index >= 15 is 0 Å². The normalized spacial score (nSPS) is 13.0. The van der Waals surface area contributed by atoms with Gasteiger partial charge in [-0.25, -0.2) is 15.0 Å². The first-order valence-corrected chi connectivity index (χ1v) is 14.1. The number of aromatic nitrogens is 3. The summed E-state index contributed by atoms with van der Waals surface area (Å²) in [5.74, 6) is 0.671. The first kappa shape index (κ1) is 23.1. The Hall–Kier alpha value is -3.29. The van der Waals surface area contributed by atoms with E-state index in [1.165, 1.54) is 40.4 Å². The van der Waals surface area contributed by atoms with Gasteiger partial charge in [-0.3, -0.25) is 9.69 Å². The molecule has 0 radical (unpaired) electrons. The standard InChI is InChI=1S/C29H26N4OS2/c1-18(2)25-22-15-9-14-21(22)24-26-27(36-28(24)32-25)29(31-17-30-26)35-16-23(34)33(19-10-5-3-6-11-19)20-12-7-4-8-13-20/h3-8,10-13,17-18H,9,14-16H2,1-2H3. The van der Waals surface area contributed by atoms with Gasteiger partial charge in [0, 0.05) is 22.5 Å². The third-order valence-corrected chi connectivity index (χ3v) is 8.81. The number of fused-ring (bicyclic) bond motifs is 5. The lowest BCUT2D eigenvalue weighted by Gasteiger charge is -2.22. The fraction of sp³-hybridized carbons (Fsp3) is 0.241. The molecule has 1 amide bonds. The number of anilines is 2. The van der Waals surface area contributed by atoms with E-state index in [1.807, 2.05) is 60.7 Å². The van der Waals surface area contributed by atoms with Crippen LogP contribution in [-0.2, 0) is 17.6 Å². The number of pyridine rings is 1. The Labute approximate surface area is 218 Å². The van der Waals surface area contributed by atoms with Crippen LogP contribution in [0.15, 0.2) is 72.0 Å². The Morgan fingerprint density at radius 2 is 1.64 bits per heavy atom. The largest absolute Gasteiger partial charge is 0.280 e. The second-order valence-electron chi connectivity index (χ2n) is 9.29. The third kappa shape index (κ3) is 4.06. The second kappa shape index (κ2) is 9.64. The van der Waals surface area contributed by atoms with Crippen molar-refractivity contribution in [3.05, 3.63) is 83.8 Å². The van der Waals surface area contributed by atoms with Crippen molar-refractivity contribution in [3.8, 4) is 0 Å². The average Bonchev–Trinajstić information content (AvgIpc) is 3.53. The number of benzene rings is 2. The predicted octanol–water partition coefficient (Wildman–Crippen LogP) is 7.31. The van der Waals surface area contributed by atoms with Gasteiger partial charge in [-0.15, -0.1) is 11.3 Å². The first-order valence-electron chi connectivity index (χ1n) is 12.3. The Kier molecular flexibility index (Phi) is 6.19. The van der Waals surface area contributed by atoms with Gasteiger partial charge >= 0.3 is 0 Å². The molecule has 5 nitrogen and oxygen atoms in total. The van der Waals surface area contributed by atoms with Crippen LogP contribution in [0.1, 0.15) is 43.0 Å². The molecule has 0 saturated carbocycles. The van der Waals surface area contributed by atoms with Crippen LogP contribution >= 0.6 is 23.1 Å². The molecule has 1 aliphatic carbocycles. The van der Waals surface area contributed by atoms with E-state index in [9.17, 15) is 4.79 Å². The molecular formula is C29H26N4OS2. The molecule has 0 N–H and O–H groups in total. The average molecular weight is 511 g/mol. The van der Waals surface area contributed by atoms with Gasteiger partial charge in [0.2, 0.25) is 5.91 Å². The van der Waals surface area contributed by atoms with Gasteiger partial charge in [0.25, 0.3) is 0 Å². The zero-order chi connectivity index (χ0) is 24.6. The fourth-order valence-corrected chi connectivity index (χ4v) is 7.16. The Morgan fingerprint density at radius 1 is 0.972 bits per heavy atom. The van der Waals surface area contributed by atoms with Crippen LogP contribution < -0.4 is 4.90 Å². The SMILES string of the molecule is CC(C)c1nc2sc3c(SCC(=O)N(c4ccccc4)c4ccccc4)ncnc3c2c2c1CCC2. The summed E-state index contributed by atoms with van der Waals surface area (Å²) in [6, 6.07) is 19.6. The number of hydrogen-bond acceptors (Lipinski definition) is 6. The summed E-state index contributed by atoms with van der Waals surface area (Å²) in [6.07, 6.45) is 4.97. The summed E-state index contributed by atoms with van der Waals surface area (Å²) in [7, 11) is 0. The van der Waals surface area contributed by atoms with Crippen LogP contribution in [0, 0.1) is 0 Å². The molecule has 0 bridgehead atoms. The summed E-state index contributed by atoms with van der Waals surface area (Å²) in [6.45, 7) is 4.44. The molecule has 0 fully saturated rings. The van der Waals surface area contributed by atoms with E-state index in [0.29, 0.717) is 5.92 Å². The van der Waals surface area contributed by atoms with E-state index in [-0.39, 0.29) is 11.7 Å². The Balaban J connectivity index is 1.36. The second-order valence-corrected chi connectivity index (χ2v) is 11.3. The lowest BCUT2D eigenvalue weighted by molar-refractivity contribution is -0.115. The molecule has 0 atom stereocenters.